The highest BCUT2D eigenvalue weighted by atomic mass is 16.5. The lowest BCUT2D eigenvalue weighted by Gasteiger charge is -2.13. The number of amides is 1. The normalized spacial score (nSPS) is 10.3. The van der Waals surface area contributed by atoms with Crippen molar-refractivity contribution in [3.05, 3.63) is 71.4 Å². The average Bonchev–Trinajstić information content (AvgIpc) is 2.68. The second-order valence-corrected chi connectivity index (χ2v) is 6.43. The lowest BCUT2D eigenvalue weighted by molar-refractivity contribution is 0.102. The quantitative estimate of drug-likeness (QED) is 0.651. The molecule has 0 fully saturated rings. The van der Waals surface area contributed by atoms with Crippen molar-refractivity contribution in [3.8, 4) is 11.5 Å². The molecule has 0 aliphatic carbocycles. The van der Waals surface area contributed by atoms with Crippen molar-refractivity contribution in [1.82, 2.24) is 4.98 Å². The van der Waals surface area contributed by atoms with Gasteiger partial charge in [-0.2, -0.15) is 0 Å². The van der Waals surface area contributed by atoms with Crippen molar-refractivity contribution in [2.75, 3.05) is 24.9 Å². The van der Waals surface area contributed by atoms with Gasteiger partial charge >= 0.3 is 0 Å². The molecule has 0 aliphatic rings. The summed E-state index contributed by atoms with van der Waals surface area (Å²) < 4.78 is 10.6. The number of hydrogen-bond donors (Lipinski definition) is 2. The Balaban J connectivity index is 1.75. The molecule has 0 unspecified atom stereocenters. The fourth-order valence-corrected chi connectivity index (χ4v) is 3.01. The minimum Gasteiger partial charge on any atom is -0.496 e. The van der Waals surface area contributed by atoms with Crippen LogP contribution in [0.3, 0.4) is 0 Å². The fourth-order valence-electron chi connectivity index (χ4n) is 3.01. The number of anilines is 3. The first-order chi connectivity index (χ1) is 13.5. The Labute approximate surface area is 164 Å². The van der Waals surface area contributed by atoms with Crippen LogP contribution in [0.25, 0.3) is 0 Å². The summed E-state index contributed by atoms with van der Waals surface area (Å²) in [6.45, 7) is 4.11. The zero-order chi connectivity index (χ0) is 20.1. The Bertz CT molecular complexity index is 942. The van der Waals surface area contributed by atoms with Gasteiger partial charge in [0.15, 0.2) is 0 Å². The Morgan fingerprint density at radius 1 is 0.893 bits per heavy atom. The van der Waals surface area contributed by atoms with Gasteiger partial charge in [0.25, 0.3) is 5.91 Å². The van der Waals surface area contributed by atoms with Crippen LogP contribution in [0, 0.1) is 13.8 Å². The van der Waals surface area contributed by atoms with Crippen molar-refractivity contribution in [2.24, 2.45) is 0 Å². The summed E-state index contributed by atoms with van der Waals surface area (Å²) in [7, 11) is 3.02. The third-order valence-electron chi connectivity index (χ3n) is 4.17. The molecular formula is C22H23N3O3. The van der Waals surface area contributed by atoms with E-state index in [0.717, 1.165) is 11.4 Å². The average molecular weight is 377 g/mol. The van der Waals surface area contributed by atoms with Crippen molar-refractivity contribution in [3.63, 3.8) is 0 Å². The molecule has 3 aromatic rings. The van der Waals surface area contributed by atoms with Gasteiger partial charge < -0.3 is 20.1 Å². The molecule has 3 rings (SSSR count). The van der Waals surface area contributed by atoms with Crippen LogP contribution in [-0.2, 0) is 0 Å². The van der Waals surface area contributed by atoms with Gasteiger partial charge in [-0.1, -0.05) is 12.1 Å². The maximum Gasteiger partial charge on any atom is 0.264 e. The van der Waals surface area contributed by atoms with Gasteiger partial charge in [-0.25, -0.2) is 4.98 Å². The van der Waals surface area contributed by atoms with Crippen molar-refractivity contribution in [2.45, 2.75) is 13.8 Å². The Morgan fingerprint density at radius 3 is 2.07 bits per heavy atom. The molecule has 28 heavy (non-hydrogen) atoms. The summed E-state index contributed by atoms with van der Waals surface area (Å²) >= 11 is 0. The number of nitrogens with one attached hydrogen (secondary N) is 2. The SMILES string of the molecule is COc1cccc(OC)c1C(=O)Nc1ccc(Nc2cc(C)cc(C)c2)cn1. The number of nitrogens with zero attached hydrogens (tertiary/aromatic N) is 1. The number of carbonyl (C=O) groups is 1. The molecule has 1 heterocycles. The number of ether oxygens (including phenoxy) is 2. The van der Waals surface area contributed by atoms with Crippen molar-refractivity contribution in [1.29, 1.82) is 0 Å². The maximum atomic E-state index is 12.7. The van der Waals surface area contributed by atoms with Crippen molar-refractivity contribution < 1.29 is 14.3 Å². The van der Waals surface area contributed by atoms with E-state index in [9.17, 15) is 4.79 Å². The fraction of sp³-hybridized carbons (Fsp3) is 0.182. The molecule has 2 aromatic carbocycles. The number of hydrogen-bond acceptors (Lipinski definition) is 5. The molecule has 144 valence electrons. The topological polar surface area (TPSA) is 72.5 Å². The Kier molecular flexibility index (Phi) is 5.79. The molecule has 2 N–H and O–H groups in total. The van der Waals surface area contributed by atoms with Crippen LogP contribution in [0.4, 0.5) is 17.2 Å². The molecule has 0 bridgehead atoms. The molecule has 6 nitrogen and oxygen atoms in total. The van der Waals surface area contributed by atoms with E-state index in [-0.39, 0.29) is 5.91 Å². The Morgan fingerprint density at radius 2 is 1.54 bits per heavy atom. The van der Waals surface area contributed by atoms with E-state index in [0.29, 0.717) is 22.9 Å². The summed E-state index contributed by atoms with van der Waals surface area (Å²) in [5, 5.41) is 6.10. The highest BCUT2D eigenvalue weighted by molar-refractivity contribution is 6.07. The van der Waals surface area contributed by atoms with Crippen LogP contribution in [-0.4, -0.2) is 25.1 Å². The molecular weight excluding hydrogens is 354 g/mol. The highest BCUT2D eigenvalue weighted by Crippen LogP contribution is 2.29. The van der Waals surface area contributed by atoms with Crippen LogP contribution in [0.2, 0.25) is 0 Å². The largest absolute Gasteiger partial charge is 0.496 e. The molecule has 0 atom stereocenters. The predicted molar refractivity (Wildman–Crippen MR) is 111 cm³/mol. The van der Waals surface area contributed by atoms with Crippen LogP contribution >= 0.6 is 0 Å². The van der Waals surface area contributed by atoms with E-state index in [1.54, 1.807) is 30.5 Å². The Hall–Kier alpha value is -3.54. The first-order valence-corrected chi connectivity index (χ1v) is 8.84. The third-order valence-corrected chi connectivity index (χ3v) is 4.17. The standard InChI is InChI=1S/C22H23N3O3/c1-14-10-15(2)12-17(11-14)24-16-8-9-20(23-13-16)25-22(26)21-18(27-3)6-5-7-19(21)28-4/h5-13,24H,1-4H3,(H,23,25,26). The number of rotatable bonds is 6. The summed E-state index contributed by atoms with van der Waals surface area (Å²) in [5.74, 6) is 0.954. The van der Waals surface area contributed by atoms with Gasteiger partial charge in [0, 0.05) is 5.69 Å². The van der Waals surface area contributed by atoms with Gasteiger partial charge in [0.05, 0.1) is 26.1 Å². The molecule has 0 radical (unpaired) electrons. The van der Waals surface area contributed by atoms with Crippen LogP contribution < -0.4 is 20.1 Å². The third kappa shape index (κ3) is 4.40. The molecule has 6 heteroatoms. The maximum absolute atomic E-state index is 12.7. The smallest absolute Gasteiger partial charge is 0.264 e. The lowest BCUT2D eigenvalue weighted by atomic mass is 10.1. The minimum atomic E-state index is -0.350. The lowest BCUT2D eigenvalue weighted by Crippen LogP contribution is -2.15. The van der Waals surface area contributed by atoms with Crippen LogP contribution in [0.5, 0.6) is 11.5 Å². The van der Waals surface area contributed by atoms with Gasteiger partial charge in [0.2, 0.25) is 0 Å². The van der Waals surface area contributed by atoms with Crippen molar-refractivity contribution >= 4 is 23.1 Å². The molecule has 0 aliphatic heterocycles. The summed E-state index contributed by atoms with van der Waals surface area (Å²) in [4.78, 5) is 17.0. The number of benzene rings is 2. The van der Waals surface area contributed by atoms with Crippen LogP contribution in [0.15, 0.2) is 54.7 Å². The number of aryl methyl sites for hydroxylation is 2. The molecule has 0 saturated carbocycles. The summed E-state index contributed by atoms with van der Waals surface area (Å²) in [6.07, 6.45) is 1.67. The second-order valence-electron chi connectivity index (χ2n) is 6.43. The summed E-state index contributed by atoms with van der Waals surface area (Å²) in [5.41, 5.74) is 4.52. The first kappa shape index (κ1) is 19.2. The van der Waals surface area contributed by atoms with E-state index in [4.69, 9.17) is 9.47 Å². The van der Waals surface area contributed by atoms with E-state index in [2.05, 4.69) is 47.7 Å². The van der Waals surface area contributed by atoms with E-state index < -0.39 is 0 Å². The monoisotopic (exact) mass is 377 g/mol. The zero-order valence-electron chi connectivity index (χ0n) is 16.4. The molecule has 0 saturated heterocycles. The van der Waals surface area contributed by atoms with E-state index in [1.807, 2.05) is 6.07 Å². The molecule has 1 amide bonds. The van der Waals surface area contributed by atoms with Gasteiger partial charge in [-0.3, -0.25) is 4.79 Å². The van der Waals surface area contributed by atoms with Gasteiger partial charge in [-0.15, -0.1) is 0 Å². The number of pyridine rings is 1. The number of carbonyl (C=O) groups excluding carboxylic acids is 1. The van der Waals surface area contributed by atoms with Gasteiger partial charge in [-0.05, 0) is 61.4 Å². The van der Waals surface area contributed by atoms with E-state index >= 15 is 0 Å². The van der Waals surface area contributed by atoms with E-state index in [1.165, 1.54) is 25.3 Å². The number of methoxy groups -OCH3 is 2. The minimum absolute atomic E-state index is 0.326. The first-order valence-electron chi connectivity index (χ1n) is 8.84. The zero-order valence-corrected chi connectivity index (χ0v) is 16.4. The highest BCUT2D eigenvalue weighted by Gasteiger charge is 2.18. The van der Waals surface area contributed by atoms with Gasteiger partial charge in [0.1, 0.15) is 22.9 Å². The molecule has 1 aromatic heterocycles. The second kappa shape index (κ2) is 8.43. The predicted octanol–water partition coefficient (Wildman–Crippen LogP) is 4.71. The number of aromatic nitrogens is 1. The summed E-state index contributed by atoms with van der Waals surface area (Å²) in [6, 6.07) is 15.0. The molecule has 0 spiro atoms. The van der Waals surface area contributed by atoms with Crippen LogP contribution in [0.1, 0.15) is 21.5 Å².